The Hall–Kier alpha value is -2.61. The van der Waals surface area contributed by atoms with Crippen molar-refractivity contribution in [2.45, 2.75) is 17.9 Å². The van der Waals surface area contributed by atoms with Crippen LogP contribution >= 0.6 is 11.8 Å². The summed E-state index contributed by atoms with van der Waals surface area (Å²) in [5.74, 6) is -1.24. The molecule has 1 heterocycles. The van der Waals surface area contributed by atoms with Gasteiger partial charge in [-0.05, 0) is 42.7 Å². The molecule has 8 heteroatoms. The predicted octanol–water partition coefficient (Wildman–Crippen LogP) is 4.00. The smallest absolute Gasteiger partial charge is 0.387 e. The fraction of sp³-hybridized carbons (Fsp3) is 0.263. The van der Waals surface area contributed by atoms with E-state index in [0.29, 0.717) is 0 Å². The largest absolute Gasteiger partial charge is 0.433 e. The second kappa shape index (κ2) is 8.39. The molecule has 2 aromatic rings. The Morgan fingerprint density at radius 2 is 1.93 bits per heavy atom. The number of carbonyl (C=O) groups excluding carboxylic acids is 2. The third-order valence-corrected chi connectivity index (χ3v) is 4.98. The molecule has 1 aliphatic rings. The Balaban J connectivity index is 1.69. The van der Waals surface area contributed by atoms with Gasteiger partial charge in [0, 0.05) is 23.5 Å². The van der Waals surface area contributed by atoms with Crippen LogP contribution < -0.4 is 15.0 Å². The van der Waals surface area contributed by atoms with E-state index in [1.165, 1.54) is 18.2 Å². The van der Waals surface area contributed by atoms with Gasteiger partial charge in [0.15, 0.2) is 0 Å². The average molecular weight is 392 g/mol. The number of halogens is 2. The van der Waals surface area contributed by atoms with Gasteiger partial charge in [-0.25, -0.2) is 0 Å². The molecule has 2 aromatic carbocycles. The molecule has 1 aliphatic heterocycles. The Bertz CT molecular complexity index is 830. The number of nitrogens with zero attached hydrogens (tertiary/aromatic N) is 1. The lowest BCUT2D eigenvalue weighted by Gasteiger charge is -2.17. The summed E-state index contributed by atoms with van der Waals surface area (Å²) in [6.45, 7) is -2.75. The van der Waals surface area contributed by atoms with E-state index in [1.54, 1.807) is 22.7 Å². The molecule has 0 bridgehead atoms. The number of para-hydroxylation sites is 2. The molecule has 1 unspecified atom stereocenters. The summed E-state index contributed by atoms with van der Waals surface area (Å²) in [7, 11) is 0. The van der Waals surface area contributed by atoms with Crippen LogP contribution in [0.2, 0.25) is 0 Å². The maximum Gasteiger partial charge on any atom is 0.387 e. The molecule has 1 fully saturated rings. The Kier molecular flexibility index (Phi) is 5.95. The molecule has 1 saturated heterocycles. The van der Waals surface area contributed by atoms with Crippen LogP contribution in [0.3, 0.4) is 0 Å². The van der Waals surface area contributed by atoms with Crippen LogP contribution in [-0.2, 0) is 9.59 Å². The molecule has 0 spiro atoms. The average Bonchev–Trinajstić information content (AvgIpc) is 3.05. The number of amides is 2. The number of ether oxygens (including phenoxy) is 1. The first-order valence-corrected chi connectivity index (χ1v) is 9.49. The van der Waals surface area contributed by atoms with Crippen molar-refractivity contribution >= 4 is 35.0 Å². The van der Waals surface area contributed by atoms with Crippen molar-refractivity contribution in [3.63, 3.8) is 0 Å². The minimum absolute atomic E-state index is 0.0635. The number of alkyl halides is 2. The first-order valence-electron chi connectivity index (χ1n) is 8.27. The molecular formula is C19H18F2N2O3S. The molecule has 2 amide bonds. The van der Waals surface area contributed by atoms with Crippen molar-refractivity contribution in [1.29, 1.82) is 0 Å². The van der Waals surface area contributed by atoms with E-state index in [9.17, 15) is 18.4 Å². The van der Waals surface area contributed by atoms with E-state index in [4.69, 9.17) is 0 Å². The van der Waals surface area contributed by atoms with Gasteiger partial charge < -0.3 is 15.0 Å². The van der Waals surface area contributed by atoms with Crippen molar-refractivity contribution in [2.24, 2.45) is 5.92 Å². The predicted molar refractivity (Wildman–Crippen MR) is 100 cm³/mol. The van der Waals surface area contributed by atoms with E-state index in [0.717, 1.165) is 10.6 Å². The summed E-state index contributed by atoms with van der Waals surface area (Å²) < 4.78 is 29.4. The van der Waals surface area contributed by atoms with Crippen LogP contribution in [0.5, 0.6) is 5.75 Å². The highest BCUT2D eigenvalue weighted by atomic mass is 32.2. The number of nitrogens with one attached hydrogen (secondary N) is 1. The lowest BCUT2D eigenvalue weighted by molar-refractivity contribution is -0.122. The van der Waals surface area contributed by atoms with Crippen LogP contribution in [0.25, 0.3) is 0 Å². The van der Waals surface area contributed by atoms with Gasteiger partial charge in [0.2, 0.25) is 11.8 Å². The molecule has 0 radical (unpaired) electrons. The minimum atomic E-state index is -2.99. The van der Waals surface area contributed by atoms with Gasteiger partial charge in [0.05, 0.1) is 11.6 Å². The highest BCUT2D eigenvalue weighted by Crippen LogP contribution is 2.30. The molecule has 3 rings (SSSR count). The zero-order valence-electron chi connectivity index (χ0n) is 14.5. The summed E-state index contributed by atoms with van der Waals surface area (Å²) in [6, 6.07) is 13.5. The van der Waals surface area contributed by atoms with Gasteiger partial charge in [0.1, 0.15) is 5.75 Å². The van der Waals surface area contributed by atoms with E-state index in [-0.39, 0.29) is 30.3 Å². The lowest BCUT2D eigenvalue weighted by atomic mass is 10.1. The Labute approximate surface area is 159 Å². The number of hydrogen-bond acceptors (Lipinski definition) is 4. The molecule has 0 aliphatic carbocycles. The van der Waals surface area contributed by atoms with Gasteiger partial charge in [0.25, 0.3) is 0 Å². The van der Waals surface area contributed by atoms with Crippen molar-refractivity contribution in [3.8, 4) is 5.75 Å². The van der Waals surface area contributed by atoms with E-state index < -0.39 is 18.4 Å². The maximum atomic E-state index is 12.5. The van der Waals surface area contributed by atoms with Crippen LogP contribution in [0.1, 0.15) is 6.42 Å². The topological polar surface area (TPSA) is 58.6 Å². The number of hydrogen-bond donors (Lipinski definition) is 1. The lowest BCUT2D eigenvalue weighted by Crippen LogP contribution is -2.28. The zero-order chi connectivity index (χ0) is 19.4. The second-order valence-electron chi connectivity index (χ2n) is 5.97. The molecular weight excluding hydrogens is 374 g/mol. The normalized spacial score (nSPS) is 16.7. The molecule has 1 atom stereocenters. The number of anilines is 2. The number of carbonyl (C=O) groups is 2. The zero-order valence-corrected chi connectivity index (χ0v) is 15.3. The Morgan fingerprint density at radius 1 is 1.22 bits per heavy atom. The first kappa shape index (κ1) is 19.2. The van der Waals surface area contributed by atoms with Crippen molar-refractivity contribution in [1.82, 2.24) is 0 Å². The summed E-state index contributed by atoms with van der Waals surface area (Å²) in [4.78, 5) is 27.5. The van der Waals surface area contributed by atoms with Crippen LogP contribution in [0, 0.1) is 5.92 Å². The van der Waals surface area contributed by atoms with Crippen LogP contribution in [0.4, 0.5) is 20.2 Å². The summed E-state index contributed by atoms with van der Waals surface area (Å²) >= 11 is 1.60. The van der Waals surface area contributed by atoms with Crippen molar-refractivity contribution < 1.29 is 23.1 Å². The van der Waals surface area contributed by atoms with Crippen LogP contribution in [0.15, 0.2) is 53.4 Å². The fourth-order valence-corrected chi connectivity index (χ4v) is 3.31. The molecule has 142 valence electrons. The van der Waals surface area contributed by atoms with Crippen LogP contribution in [-0.4, -0.2) is 31.2 Å². The van der Waals surface area contributed by atoms with Crippen molar-refractivity contribution in [3.05, 3.63) is 48.5 Å². The second-order valence-corrected chi connectivity index (χ2v) is 6.85. The number of thioether (sulfide) groups is 1. The molecule has 5 nitrogen and oxygen atoms in total. The SMILES string of the molecule is CSc1ccc(N2CC(C(=O)Nc3ccccc3OC(F)F)CC2=O)cc1. The van der Waals surface area contributed by atoms with Gasteiger partial charge in [-0.3, -0.25) is 9.59 Å². The first-order chi connectivity index (χ1) is 13.0. The van der Waals surface area contributed by atoms with E-state index >= 15 is 0 Å². The van der Waals surface area contributed by atoms with Gasteiger partial charge in [-0.2, -0.15) is 8.78 Å². The third-order valence-electron chi connectivity index (χ3n) is 4.24. The molecule has 0 aromatic heterocycles. The standard InChI is InChI=1S/C19H18F2N2O3S/c1-27-14-8-6-13(7-9-14)23-11-12(10-17(23)24)18(25)22-15-4-2-3-5-16(15)26-19(20)21/h2-9,12,19H,10-11H2,1H3,(H,22,25). The fourth-order valence-electron chi connectivity index (χ4n) is 2.90. The Morgan fingerprint density at radius 3 is 2.59 bits per heavy atom. The van der Waals surface area contributed by atoms with Gasteiger partial charge in [-0.15, -0.1) is 11.8 Å². The minimum Gasteiger partial charge on any atom is -0.433 e. The quantitative estimate of drug-likeness (QED) is 0.755. The molecule has 27 heavy (non-hydrogen) atoms. The maximum absolute atomic E-state index is 12.5. The third kappa shape index (κ3) is 4.57. The summed E-state index contributed by atoms with van der Waals surface area (Å²) in [5, 5.41) is 2.59. The van der Waals surface area contributed by atoms with Crippen molar-refractivity contribution in [2.75, 3.05) is 23.0 Å². The summed E-state index contributed by atoms with van der Waals surface area (Å²) in [6.07, 6.45) is 2.03. The van der Waals surface area contributed by atoms with Gasteiger partial charge in [-0.1, -0.05) is 12.1 Å². The van der Waals surface area contributed by atoms with Gasteiger partial charge >= 0.3 is 6.61 Å². The molecule has 0 saturated carbocycles. The highest BCUT2D eigenvalue weighted by Gasteiger charge is 2.35. The number of benzene rings is 2. The monoisotopic (exact) mass is 392 g/mol. The van der Waals surface area contributed by atoms with E-state index in [1.807, 2.05) is 30.5 Å². The summed E-state index contributed by atoms with van der Waals surface area (Å²) in [5.41, 5.74) is 0.882. The number of rotatable bonds is 6. The van der Waals surface area contributed by atoms with E-state index in [2.05, 4.69) is 10.1 Å². The highest BCUT2D eigenvalue weighted by molar-refractivity contribution is 7.98. The molecule has 1 N–H and O–H groups in total.